The Balaban J connectivity index is 2.11. The van der Waals surface area contributed by atoms with Crippen molar-refractivity contribution in [3.8, 4) is 6.07 Å². The summed E-state index contributed by atoms with van der Waals surface area (Å²) >= 11 is 0. The molecule has 0 aliphatic rings. The number of benzene rings is 2. The average molecular weight is 282 g/mol. The molecule has 0 aliphatic heterocycles. The Bertz CT molecular complexity index is 629. The van der Waals surface area contributed by atoms with Gasteiger partial charge in [0.1, 0.15) is 5.82 Å². The van der Waals surface area contributed by atoms with Crippen LogP contribution >= 0.6 is 0 Å². The van der Waals surface area contributed by atoms with Crippen molar-refractivity contribution >= 4 is 5.69 Å². The van der Waals surface area contributed by atoms with Crippen molar-refractivity contribution in [2.75, 3.05) is 11.9 Å². The van der Waals surface area contributed by atoms with Crippen LogP contribution in [0.1, 0.15) is 30.9 Å². The van der Waals surface area contributed by atoms with Crippen molar-refractivity contribution in [2.45, 2.75) is 19.8 Å². The summed E-state index contributed by atoms with van der Waals surface area (Å²) in [5, 5.41) is 11.9. The third-order valence-electron chi connectivity index (χ3n) is 3.64. The van der Waals surface area contributed by atoms with E-state index in [-0.39, 0.29) is 5.82 Å². The smallest absolute Gasteiger partial charge is 0.147 e. The van der Waals surface area contributed by atoms with Gasteiger partial charge in [-0.05, 0) is 29.7 Å². The number of hydrogen-bond acceptors (Lipinski definition) is 2. The number of anilines is 1. The van der Waals surface area contributed by atoms with Gasteiger partial charge in [-0.25, -0.2) is 4.39 Å². The molecule has 2 rings (SSSR count). The summed E-state index contributed by atoms with van der Waals surface area (Å²) in [6.45, 7) is 4.98. The maximum absolute atomic E-state index is 13.9. The molecule has 0 spiro atoms. The molecule has 2 aromatic carbocycles. The van der Waals surface area contributed by atoms with Gasteiger partial charge in [0.05, 0.1) is 17.3 Å². The molecule has 2 nitrogen and oxygen atoms in total. The molecule has 0 aliphatic carbocycles. The molecule has 0 aromatic heterocycles. The first-order chi connectivity index (χ1) is 10.1. The predicted octanol–water partition coefficient (Wildman–Crippen LogP) is 4.55. The fourth-order valence-corrected chi connectivity index (χ4v) is 2.39. The van der Waals surface area contributed by atoms with Gasteiger partial charge >= 0.3 is 0 Å². The van der Waals surface area contributed by atoms with Crippen LogP contribution in [-0.4, -0.2) is 6.54 Å². The van der Waals surface area contributed by atoms with E-state index in [0.717, 1.165) is 0 Å². The van der Waals surface area contributed by atoms with Crippen LogP contribution in [0, 0.1) is 23.1 Å². The second kappa shape index (κ2) is 6.90. The van der Waals surface area contributed by atoms with Crippen LogP contribution in [0.4, 0.5) is 10.1 Å². The molecule has 0 heterocycles. The van der Waals surface area contributed by atoms with Crippen LogP contribution in [0.5, 0.6) is 0 Å². The van der Waals surface area contributed by atoms with Gasteiger partial charge in [-0.2, -0.15) is 5.26 Å². The van der Waals surface area contributed by atoms with Crippen molar-refractivity contribution in [3.63, 3.8) is 0 Å². The fourth-order valence-electron chi connectivity index (χ4n) is 2.39. The first-order valence-electron chi connectivity index (χ1n) is 7.10. The van der Waals surface area contributed by atoms with E-state index < -0.39 is 0 Å². The molecule has 0 saturated carbocycles. The third kappa shape index (κ3) is 3.82. The van der Waals surface area contributed by atoms with Crippen LogP contribution in [0.25, 0.3) is 0 Å². The molecule has 0 bridgehead atoms. The summed E-state index contributed by atoms with van der Waals surface area (Å²) < 4.78 is 13.9. The van der Waals surface area contributed by atoms with Gasteiger partial charge in [0.2, 0.25) is 0 Å². The molecule has 1 unspecified atom stereocenters. The molecule has 0 fully saturated rings. The van der Waals surface area contributed by atoms with Gasteiger partial charge in [0.15, 0.2) is 0 Å². The summed E-state index contributed by atoms with van der Waals surface area (Å²) in [6.07, 6.45) is 0. The lowest BCUT2D eigenvalue weighted by Gasteiger charge is -2.22. The highest BCUT2D eigenvalue weighted by Crippen LogP contribution is 2.25. The van der Waals surface area contributed by atoms with Crippen molar-refractivity contribution in [1.82, 2.24) is 0 Å². The minimum atomic E-state index is -0.385. The molecule has 1 N–H and O–H groups in total. The van der Waals surface area contributed by atoms with E-state index in [1.54, 1.807) is 12.1 Å². The topological polar surface area (TPSA) is 35.8 Å². The second-order valence-electron chi connectivity index (χ2n) is 5.45. The molecular weight excluding hydrogens is 263 g/mol. The van der Waals surface area contributed by atoms with Crippen LogP contribution in [0.3, 0.4) is 0 Å². The molecule has 0 amide bonds. The third-order valence-corrected chi connectivity index (χ3v) is 3.64. The summed E-state index contributed by atoms with van der Waals surface area (Å²) in [4.78, 5) is 0. The van der Waals surface area contributed by atoms with Gasteiger partial charge in [-0.15, -0.1) is 0 Å². The van der Waals surface area contributed by atoms with Gasteiger partial charge < -0.3 is 5.32 Å². The van der Waals surface area contributed by atoms with E-state index in [2.05, 4.69) is 31.3 Å². The van der Waals surface area contributed by atoms with E-state index in [4.69, 9.17) is 5.26 Å². The molecule has 2 aromatic rings. The first kappa shape index (κ1) is 15.1. The van der Waals surface area contributed by atoms with Gasteiger partial charge in [-0.3, -0.25) is 0 Å². The number of hydrogen-bond donors (Lipinski definition) is 1. The number of halogens is 1. The lowest BCUT2D eigenvalue weighted by Crippen LogP contribution is -2.18. The van der Waals surface area contributed by atoms with Crippen LogP contribution in [0.15, 0.2) is 48.5 Å². The molecular formula is C18H19FN2. The Morgan fingerprint density at radius 2 is 1.86 bits per heavy atom. The minimum Gasteiger partial charge on any atom is -0.382 e. The van der Waals surface area contributed by atoms with Gasteiger partial charge in [0.25, 0.3) is 0 Å². The zero-order valence-electron chi connectivity index (χ0n) is 12.3. The Hall–Kier alpha value is -2.34. The minimum absolute atomic E-state index is 0.307. The van der Waals surface area contributed by atoms with Crippen LogP contribution in [-0.2, 0) is 0 Å². The molecule has 0 saturated heterocycles. The monoisotopic (exact) mass is 282 g/mol. The van der Waals surface area contributed by atoms with E-state index in [0.29, 0.717) is 29.6 Å². The molecule has 1 atom stereocenters. The zero-order valence-corrected chi connectivity index (χ0v) is 12.3. The number of nitrogens with one attached hydrogen (secondary N) is 1. The highest BCUT2D eigenvalue weighted by Gasteiger charge is 2.16. The average Bonchev–Trinajstić information content (AvgIpc) is 2.49. The SMILES string of the molecule is CC(C)C(CNc1ccc(C#N)cc1F)c1ccccc1. The van der Waals surface area contributed by atoms with Gasteiger partial charge in [-0.1, -0.05) is 44.2 Å². The molecule has 108 valence electrons. The highest BCUT2D eigenvalue weighted by molar-refractivity contribution is 5.49. The summed E-state index contributed by atoms with van der Waals surface area (Å²) in [6, 6.07) is 16.7. The normalized spacial score (nSPS) is 12.0. The zero-order chi connectivity index (χ0) is 15.2. The Morgan fingerprint density at radius 1 is 1.14 bits per heavy atom. The maximum atomic E-state index is 13.9. The largest absolute Gasteiger partial charge is 0.382 e. The van der Waals surface area contributed by atoms with Crippen LogP contribution < -0.4 is 5.32 Å². The Morgan fingerprint density at radius 3 is 2.43 bits per heavy atom. The summed E-state index contributed by atoms with van der Waals surface area (Å²) in [5.74, 6) is 0.368. The molecule has 21 heavy (non-hydrogen) atoms. The van der Waals surface area contributed by atoms with E-state index in [9.17, 15) is 4.39 Å². The van der Waals surface area contributed by atoms with Crippen LogP contribution in [0.2, 0.25) is 0 Å². The Kier molecular flexibility index (Phi) is 4.94. The quantitative estimate of drug-likeness (QED) is 0.873. The predicted molar refractivity (Wildman–Crippen MR) is 83.6 cm³/mol. The lowest BCUT2D eigenvalue weighted by atomic mass is 9.88. The van der Waals surface area contributed by atoms with E-state index in [1.807, 2.05) is 24.3 Å². The standard InChI is InChI=1S/C18H19FN2/c1-13(2)16(15-6-4-3-5-7-15)12-21-18-9-8-14(11-20)10-17(18)19/h3-10,13,16,21H,12H2,1-2H3. The fraction of sp³-hybridized carbons (Fsp3) is 0.278. The molecule has 0 radical (unpaired) electrons. The Labute approximate surface area is 125 Å². The van der Waals surface area contributed by atoms with Crippen molar-refractivity contribution in [1.29, 1.82) is 5.26 Å². The van der Waals surface area contributed by atoms with Crippen molar-refractivity contribution in [3.05, 3.63) is 65.5 Å². The van der Waals surface area contributed by atoms with Gasteiger partial charge in [0, 0.05) is 12.5 Å². The lowest BCUT2D eigenvalue weighted by molar-refractivity contribution is 0.515. The van der Waals surface area contributed by atoms with E-state index in [1.165, 1.54) is 11.6 Å². The second-order valence-corrected chi connectivity index (χ2v) is 5.45. The molecule has 3 heteroatoms. The summed E-state index contributed by atoms with van der Waals surface area (Å²) in [5.41, 5.74) is 2.02. The van der Waals surface area contributed by atoms with E-state index >= 15 is 0 Å². The maximum Gasteiger partial charge on any atom is 0.147 e. The number of rotatable bonds is 5. The van der Waals surface area contributed by atoms with Crippen molar-refractivity contribution in [2.24, 2.45) is 5.92 Å². The number of nitrogens with zero attached hydrogens (tertiary/aromatic N) is 1. The summed E-state index contributed by atoms with van der Waals surface area (Å²) in [7, 11) is 0. The first-order valence-corrected chi connectivity index (χ1v) is 7.10. The number of nitriles is 1. The highest BCUT2D eigenvalue weighted by atomic mass is 19.1. The van der Waals surface area contributed by atoms with Crippen molar-refractivity contribution < 1.29 is 4.39 Å².